The summed E-state index contributed by atoms with van der Waals surface area (Å²) in [6.07, 6.45) is 3.46. The number of amides is 1. The average molecular weight is 452 g/mol. The third kappa shape index (κ3) is 3.56. The van der Waals surface area contributed by atoms with E-state index in [9.17, 15) is 13.2 Å². The van der Waals surface area contributed by atoms with Crippen LogP contribution in [-0.4, -0.2) is 30.3 Å². The molecule has 9 nitrogen and oxygen atoms in total. The molecule has 2 aromatic carbocycles. The summed E-state index contributed by atoms with van der Waals surface area (Å²) in [6.45, 7) is 1.73. The van der Waals surface area contributed by atoms with Gasteiger partial charge in [0.2, 0.25) is 5.89 Å². The molecule has 0 radical (unpaired) electrons. The van der Waals surface area contributed by atoms with Crippen molar-refractivity contribution in [1.29, 1.82) is 0 Å². The molecule has 0 atom stereocenters. The second kappa shape index (κ2) is 7.56. The van der Waals surface area contributed by atoms with Crippen LogP contribution in [0.25, 0.3) is 0 Å². The molecular formula is C22H21N5O4S. The van der Waals surface area contributed by atoms with E-state index >= 15 is 0 Å². The molecule has 2 heterocycles. The number of hydrogen-bond acceptors (Lipinski definition) is 7. The van der Waals surface area contributed by atoms with Gasteiger partial charge in [-0.3, -0.25) is 4.79 Å². The Balaban J connectivity index is 1.34. The van der Waals surface area contributed by atoms with Gasteiger partial charge in [0.15, 0.2) is 11.7 Å². The first kappa shape index (κ1) is 20.4. The number of benzene rings is 2. The Morgan fingerprint density at radius 2 is 1.78 bits per heavy atom. The van der Waals surface area contributed by atoms with Crippen molar-refractivity contribution in [2.24, 2.45) is 4.40 Å². The van der Waals surface area contributed by atoms with Crippen LogP contribution in [0.2, 0.25) is 0 Å². The summed E-state index contributed by atoms with van der Waals surface area (Å²) in [5.41, 5.74) is 0.996. The molecule has 0 saturated heterocycles. The van der Waals surface area contributed by atoms with Crippen molar-refractivity contribution in [1.82, 2.24) is 15.5 Å². The van der Waals surface area contributed by atoms with Gasteiger partial charge in [0.05, 0.1) is 0 Å². The molecule has 32 heavy (non-hydrogen) atoms. The molecule has 0 unspecified atom stereocenters. The summed E-state index contributed by atoms with van der Waals surface area (Å²) >= 11 is 0. The standard InChI is InChI=1S/C22H21N5O4S/c1-14-23-21(26-31-14)22(12-4-5-13-22)25-20(28)15-8-10-16(11-9-15)24-19-17-6-2-3-7-18(17)32(29,30)27-19/h2-3,6-11H,4-5,12-13H2,1H3,(H,24,27)(H,25,28). The molecular weight excluding hydrogens is 430 g/mol. The molecule has 5 rings (SSSR count). The van der Waals surface area contributed by atoms with Crippen molar-refractivity contribution in [3.63, 3.8) is 0 Å². The topological polar surface area (TPSA) is 127 Å². The molecule has 2 N–H and O–H groups in total. The van der Waals surface area contributed by atoms with Crippen LogP contribution in [0.4, 0.5) is 5.69 Å². The lowest BCUT2D eigenvalue weighted by molar-refractivity contribution is 0.0892. The van der Waals surface area contributed by atoms with E-state index in [0.717, 1.165) is 25.7 Å². The van der Waals surface area contributed by atoms with E-state index in [-0.39, 0.29) is 16.6 Å². The van der Waals surface area contributed by atoms with Gasteiger partial charge < -0.3 is 15.2 Å². The number of hydrogen-bond donors (Lipinski definition) is 2. The van der Waals surface area contributed by atoms with E-state index in [0.29, 0.717) is 28.5 Å². The number of aromatic nitrogens is 2. The fourth-order valence-electron chi connectivity index (χ4n) is 4.20. The van der Waals surface area contributed by atoms with Crippen molar-refractivity contribution >= 4 is 27.5 Å². The molecule has 164 valence electrons. The van der Waals surface area contributed by atoms with Gasteiger partial charge in [0, 0.05) is 23.7 Å². The van der Waals surface area contributed by atoms with Gasteiger partial charge in [0.1, 0.15) is 10.4 Å². The van der Waals surface area contributed by atoms with Gasteiger partial charge in [-0.1, -0.05) is 30.1 Å². The fraction of sp³-hybridized carbons (Fsp3) is 0.273. The van der Waals surface area contributed by atoms with Crippen LogP contribution in [0.3, 0.4) is 0 Å². The Bertz CT molecular complexity index is 1320. The lowest BCUT2D eigenvalue weighted by Gasteiger charge is -2.26. The molecule has 1 aliphatic carbocycles. The maximum absolute atomic E-state index is 13.0. The first-order valence-corrected chi connectivity index (χ1v) is 11.8. The summed E-state index contributed by atoms with van der Waals surface area (Å²) in [5.74, 6) is 1.01. The number of carbonyl (C=O) groups excluding carboxylic acids is 1. The number of carbonyl (C=O) groups is 1. The Labute approximate surface area is 185 Å². The third-order valence-electron chi connectivity index (χ3n) is 5.81. The molecule has 1 aromatic heterocycles. The zero-order chi connectivity index (χ0) is 22.3. The lowest BCUT2D eigenvalue weighted by atomic mass is 9.96. The summed E-state index contributed by atoms with van der Waals surface area (Å²) in [7, 11) is -3.70. The van der Waals surface area contributed by atoms with Crippen molar-refractivity contribution < 1.29 is 17.7 Å². The van der Waals surface area contributed by atoms with E-state index in [2.05, 4.69) is 25.2 Å². The molecule has 0 bridgehead atoms. The second-order valence-electron chi connectivity index (χ2n) is 7.99. The number of rotatable bonds is 4. The van der Waals surface area contributed by atoms with Crippen LogP contribution >= 0.6 is 0 Å². The molecule has 0 spiro atoms. The van der Waals surface area contributed by atoms with Crippen molar-refractivity contribution in [3.8, 4) is 0 Å². The van der Waals surface area contributed by atoms with E-state index in [1.807, 2.05) is 0 Å². The molecule has 10 heteroatoms. The highest BCUT2D eigenvalue weighted by atomic mass is 32.2. The fourth-order valence-corrected chi connectivity index (χ4v) is 5.38. The summed E-state index contributed by atoms with van der Waals surface area (Å²) < 4.78 is 33.4. The van der Waals surface area contributed by atoms with Crippen LogP contribution in [0.5, 0.6) is 0 Å². The summed E-state index contributed by atoms with van der Waals surface area (Å²) in [6, 6.07) is 13.4. The van der Waals surface area contributed by atoms with Crippen molar-refractivity contribution in [3.05, 3.63) is 71.4 Å². The number of nitrogens with zero attached hydrogens (tertiary/aromatic N) is 3. The van der Waals surface area contributed by atoms with Gasteiger partial charge in [-0.05, 0) is 49.2 Å². The number of aryl methyl sites for hydroxylation is 1. The van der Waals surface area contributed by atoms with Gasteiger partial charge in [-0.15, -0.1) is 4.40 Å². The number of fused-ring (bicyclic) bond motifs is 1. The number of anilines is 1. The van der Waals surface area contributed by atoms with E-state index in [4.69, 9.17) is 4.52 Å². The van der Waals surface area contributed by atoms with Crippen LogP contribution in [-0.2, 0) is 15.6 Å². The van der Waals surface area contributed by atoms with Gasteiger partial charge >= 0.3 is 0 Å². The predicted octanol–water partition coefficient (Wildman–Crippen LogP) is 3.14. The van der Waals surface area contributed by atoms with E-state index in [1.165, 1.54) is 6.07 Å². The minimum atomic E-state index is -3.70. The minimum Gasteiger partial charge on any atom is -0.340 e. The zero-order valence-electron chi connectivity index (χ0n) is 17.3. The first-order chi connectivity index (χ1) is 15.4. The minimum absolute atomic E-state index is 0.178. The molecule has 2 aliphatic rings. The lowest BCUT2D eigenvalue weighted by Crippen LogP contribution is -2.44. The van der Waals surface area contributed by atoms with Crippen LogP contribution in [0.15, 0.2) is 62.3 Å². The smallest absolute Gasteiger partial charge is 0.285 e. The normalized spacial score (nSPS) is 18.1. The molecule has 1 aliphatic heterocycles. The highest BCUT2D eigenvalue weighted by Gasteiger charge is 2.41. The van der Waals surface area contributed by atoms with Gasteiger partial charge in [-0.25, -0.2) is 0 Å². The Morgan fingerprint density at radius 3 is 2.47 bits per heavy atom. The second-order valence-corrected chi connectivity index (χ2v) is 9.57. The third-order valence-corrected chi connectivity index (χ3v) is 7.14. The van der Waals surface area contributed by atoms with E-state index < -0.39 is 15.6 Å². The maximum atomic E-state index is 13.0. The summed E-state index contributed by atoms with van der Waals surface area (Å²) in [5, 5.41) is 10.2. The van der Waals surface area contributed by atoms with Crippen molar-refractivity contribution in [2.45, 2.75) is 43.0 Å². The number of sulfonamides is 1. The Kier molecular flexibility index (Phi) is 4.81. The largest absolute Gasteiger partial charge is 0.340 e. The molecule has 1 fully saturated rings. The van der Waals surface area contributed by atoms with Crippen molar-refractivity contribution in [2.75, 3.05) is 5.32 Å². The Hall–Kier alpha value is -3.53. The number of nitrogens with one attached hydrogen (secondary N) is 2. The average Bonchev–Trinajstić information content (AvgIpc) is 3.48. The van der Waals surface area contributed by atoms with E-state index in [1.54, 1.807) is 49.4 Å². The van der Waals surface area contributed by atoms with Crippen LogP contribution < -0.4 is 10.6 Å². The molecule has 3 aromatic rings. The van der Waals surface area contributed by atoms with Crippen LogP contribution in [0, 0.1) is 6.92 Å². The molecule has 1 saturated carbocycles. The number of amidine groups is 1. The SMILES string of the molecule is Cc1nc(C2(NC(=O)c3ccc(NC4=NS(=O)(=O)c5ccccc54)cc3)CCCC2)no1. The van der Waals surface area contributed by atoms with Crippen LogP contribution in [0.1, 0.15) is 53.3 Å². The Morgan fingerprint density at radius 1 is 1.06 bits per heavy atom. The highest BCUT2D eigenvalue weighted by molar-refractivity contribution is 7.90. The van der Waals surface area contributed by atoms with Gasteiger partial charge in [-0.2, -0.15) is 13.4 Å². The quantitative estimate of drug-likeness (QED) is 0.624. The first-order valence-electron chi connectivity index (χ1n) is 10.3. The monoisotopic (exact) mass is 451 g/mol. The summed E-state index contributed by atoms with van der Waals surface area (Å²) in [4.78, 5) is 17.5. The zero-order valence-corrected chi connectivity index (χ0v) is 18.1. The van der Waals surface area contributed by atoms with Gasteiger partial charge in [0.25, 0.3) is 15.9 Å². The highest BCUT2D eigenvalue weighted by Crippen LogP contribution is 2.37. The maximum Gasteiger partial charge on any atom is 0.285 e. The predicted molar refractivity (Wildman–Crippen MR) is 117 cm³/mol. The molecule has 1 amide bonds.